The third-order valence-electron chi connectivity index (χ3n) is 2.54. The molecule has 0 saturated heterocycles. The van der Waals surface area contributed by atoms with Crippen molar-refractivity contribution in [3.05, 3.63) is 45.9 Å². The summed E-state index contributed by atoms with van der Waals surface area (Å²) in [5.41, 5.74) is 1.84. The Hall–Kier alpha value is -1.52. The maximum absolute atomic E-state index is 9.82. The molecule has 0 aliphatic rings. The van der Waals surface area contributed by atoms with Crippen molar-refractivity contribution in [2.24, 2.45) is 0 Å². The number of hydrogen-bond donors (Lipinski definition) is 1. The molecule has 0 radical (unpaired) electrons. The van der Waals surface area contributed by atoms with Crippen molar-refractivity contribution in [1.29, 1.82) is 0 Å². The van der Waals surface area contributed by atoms with Gasteiger partial charge in [0.05, 0.1) is 5.56 Å². The van der Waals surface area contributed by atoms with Crippen molar-refractivity contribution >= 4 is 38.6 Å². The molecule has 0 fully saturated rings. The third-order valence-corrected chi connectivity index (χ3v) is 3.27. The normalized spacial score (nSPS) is 11.0. The third kappa shape index (κ3) is 1.98. The molecule has 5 heteroatoms. The predicted molar refractivity (Wildman–Crippen MR) is 73.8 cm³/mol. The maximum atomic E-state index is 9.82. The van der Waals surface area contributed by atoms with Gasteiger partial charge in [-0.15, -0.1) is 0 Å². The molecule has 0 spiro atoms. The Bertz CT molecular complexity index is 739. The molecule has 90 valence electrons. The van der Waals surface area contributed by atoms with Gasteiger partial charge in [-0.25, -0.2) is 4.98 Å². The van der Waals surface area contributed by atoms with Crippen molar-refractivity contribution in [3.8, 4) is 17.2 Å². The average molecular weight is 325 g/mol. The minimum Gasteiger partial charge on any atom is -0.507 e. The van der Waals surface area contributed by atoms with Crippen LogP contribution in [0.2, 0.25) is 5.02 Å². The second-order valence-electron chi connectivity index (χ2n) is 3.79. The summed E-state index contributed by atoms with van der Waals surface area (Å²) in [6.07, 6.45) is 0. The van der Waals surface area contributed by atoms with Gasteiger partial charge in [-0.1, -0.05) is 27.5 Å². The lowest BCUT2D eigenvalue weighted by Gasteiger charge is -1.99. The summed E-state index contributed by atoms with van der Waals surface area (Å²) in [4.78, 5) is 4.31. The molecular weight excluding hydrogens is 318 g/mol. The molecular formula is C13H7BrClNO2. The van der Waals surface area contributed by atoms with Gasteiger partial charge in [-0.3, -0.25) is 0 Å². The number of nitrogens with zero attached hydrogens (tertiary/aromatic N) is 1. The summed E-state index contributed by atoms with van der Waals surface area (Å²) < 4.78 is 6.44. The summed E-state index contributed by atoms with van der Waals surface area (Å²) in [6.45, 7) is 0. The Balaban J connectivity index is 2.22. The number of fused-ring (bicyclic) bond motifs is 1. The van der Waals surface area contributed by atoms with E-state index in [1.165, 1.54) is 0 Å². The first-order chi connectivity index (χ1) is 8.63. The summed E-state index contributed by atoms with van der Waals surface area (Å²) in [5.74, 6) is 0.488. The number of hydrogen-bond acceptors (Lipinski definition) is 3. The molecule has 0 saturated carbocycles. The highest BCUT2D eigenvalue weighted by atomic mass is 79.9. The Kier molecular flexibility index (Phi) is 2.76. The second-order valence-corrected chi connectivity index (χ2v) is 5.14. The topological polar surface area (TPSA) is 46.3 Å². The number of oxazole rings is 1. The summed E-state index contributed by atoms with van der Waals surface area (Å²) in [6, 6.07) is 10.3. The Morgan fingerprint density at radius 1 is 1.17 bits per heavy atom. The highest BCUT2D eigenvalue weighted by Gasteiger charge is 2.12. The van der Waals surface area contributed by atoms with Crippen LogP contribution >= 0.6 is 27.5 Å². The number of halogens is 2. The number of phenolic OH excluding ortho intramolecular Hbond substituents is 1. The minimum absolute atomic E-state index is 0.121. The van der Waals surface area contributed by atoms with Gasteiger partial charge in [0, 0.05) is 9.50 Å². The molecule has 2 aromatic carbocycles. The largest absolute Gasteiger partial charge is 0.507 e. The van der Waals surface area contributed by atoms with Crippen molar-refractivity contribution in [2.45, 2.75) is 0 Å². The van der Waals surface area contributed by atoms with Crippen LogP contribution in [0.3, 0.4) is 0 Å². The first-order valence-electron chi connectivity index (χ1n) is 5.18. The fourth-order valence-corrected chi connectivity index (χ4v) is 2.22. The van der Waals surface area contributed by atoms with Crippen molar-refractivity contribution in [2.75, 3.05) is 0 Å². The van der Waals surface area contributed by atoms with Crippen LogP contribution in [-0.2, 0) is 0 Å². The first kappa shape index (κ1) is 11.6. The highest BCUT2D eigenvalue weighted by molar-refractivity contribution is 9.10. The lowest BCUT2D eigenvalue weighted by molar-refractivity contribution is 0.474. The van der Waals surface area contributed by atoms with Crippen LogP contribution < -0.4 is 0 Å². The summed E-state index contributed by atoms with van der Waals surface area (Å²) in [7, 11) is 0. The van der Waals surface area contributed by atoms with Gasteiger partial charge in [0.25, 0.3) is 0 Å². The Morgan fingerprint density at radius 3 is 2.83 bits per heavy atom. The van der Waals surface area contributed by atoms with E-state index in [0.29, 0.717) is 27.6 Å². The van der Waals surface area contributed by atoms with E-state index >= 15 is 0 Å². The molecule has 3 aromatic rings. The van der Waals surface area contributed by atoms with Crippen LogP contribution in [0.5, 0.6) is 5.75 Å². The van der Waals surface area contributed by atoms with Crippen molar-refractivity contribution in [3.63, 3.8) is 0 Å². The molecule has 1 heterocycles. The molecule has 1 aromatic heterocycles. The number of aromatic nitrogens is 1. The summed E-state index contributed by atoms with van der Waals surface area (Å²) in [5, 5.41) is 10.4. The van der Waals surface area contributed by atoms with Crippen molar-refractivity contribution < 1.29 is 9.52 Å². The number of rotatable bonds is 1. The Labute approximate surface area is 116 Å². The zero-order valence-electron chi connectivity index (χ0n) is 9.02. The standard InChI is InChI=1S/C13H7BrClNO2/c14-7-1-3-11(17)9(5-7)13-16-10-6-8(15)2-4-12(10)18-13/h1-6,17H. The van der Waals surface area contributed by atoms with E-state index in [1.54, 1.807) is 36.4 Å². The molecule has 0 unspecified atom stereocenters. The average Bonchev–Trinajstić information content (AvgIpc) is 2.74. The maximum Gasteiger partial charge on any atom is 0.231 e. The molecule has 0 amide bonds. The van der Waals surface area contributed by atoms with Gasteiger partial charge in [0.2, 0.25) is 5.89 Å². The van der Waals surface area contributed by atoms with Gasteiger partial charge in [-0.05, 0) is 36.4 Å². The van der Waals surface area contributed by atoms with E-state index in [4.69, 9.17) is 16.0 Å². The molecule has 0 aliphatic heterocycles. The smallest absolute Gasteiger partial charge is 0.231 e. The first-order valence-corrected chi connectivity index (χ1v) is 6.35. The monoisotopic (exact) mass is 323 g/mol. The predicted octanol–water partition coefficient (Wildman–Crippen LogP) is 4.62. The summed E-state index contributed by atoms with van der Waals surface area (Å²) >= 11 is 9.24. The van der Waals surface area contributed by atoms with Gasteiger partial charge < -0.3 is 9.52 Å². The van der Waals surface area contributed by atoms with Crippen LogP contribution in [0, 0.1) is 0 Å². The van der Waals surface area contributed by atoms with E-state index in [-0.39, 0.29) is 5.75 Å². The zero-order chi connectivity index (χ0) is 12.7. The molecule has 0 bridgehead atoms. The fourth-order valence-electron chi connectivity index (χ4n) is 1.70. The van der Waals surface area contributed by atoms with E-state index in [9.17, 15) is 5.11 Å². The molecule has 0 aliphatic carbocycles. The zero-order valence-corrected chi connectivity index (χ0v) is 11.4. The van der Waals surface area contributed by atoms with E-state index in [0.717, 1.165) is 4.47 Å². The second kappa shape index (κ2) is 4.30. The minimum atomic E-state index is 0.121. The van der Waals surface area contributed by atoms with E-state index in [2.05, 4.69) is 20.9 Å². The molecule has 1 N–H and O–H groups in total. The molecule has 0 atom stereocenters. The van der Waals surface area contributed by atoms with Crippen molar-refractivity contribution in [1.82, 2.24) is 4.98 Å². The van der Waals surface area contributed by atoms with Crippen LogP contribution in [-0.4, -0.2) is 10.1 Å². The van der Waals surface area contributed by atoms with Crippen LogP contribution in [0.1, 0.15) is 0 Å². The highest BCUT2D eigenvalue weighted by Crippen LogP contribution is 2.33. The number of phenols is 1. The lowest BCUT2D eigenvalue weighted by atomic mass is 10.2. The quantitative estimate of drug-likeness (QED) is 0.710. The van der Waals surface area contributed by atoms with E-state index in [1.807, 2.05) is 0 Å². The number of benzene rings is 2. The van der Waals surface area contributed by atoms with Gasteiger partial charge in [0.15, 0.2) is 5.58 Å². The van der Waals surface area contributed by atoms with Crippen LogP contribution in [0.15, 0.2) is 45.3 Å². The van der Waals surface area contributed by atoms with Crippen LogP contribution in [0.25, 0.3) is 22.6 Å². The number of aromatic hydroxyl groups is 1. The SMILES string of the molecule is Oc1ccc(Br)cc1-c1nc2cc(Cl)ccc2o1. The molecule has 3 nitrogen and oxygen atoms in total. The fraction of sp³-hybridized carbons (Fsp3) is 0. The molecule has 18 heavy (non-hydrogen) atoms. The van der Waals surface area contributed by atoms with Gasteiger partial charge in [0.1, 0.15) is 11.3 Å². The van der Waals surface area contributed by atoms with Gasteiger partial charge in [-0.2, -0.15) is 0 Å². The van der Waals surface area contributed by atoms with E-state index < -0.39 is 0 Å². The van der Waals surface area contributed by atoms with Gasteiger partial charge >= 0.3 is 0 Å². The molecule has 3 rings (SSSR count). The Morgan fingerprint density at radius 2 is 2.00 bits per heavy atom. The lowest BCUT2D eigenvalue weighted by Crippen LogP contribution is -1.79. The van der Waals surface area contributed by atoms with Crippen LogP contribution in [0.4, 0.5) is 0 Å².